The van der Waals surface area contributed by atoms with Gasteiger partial charge in [-0.3, -0.25) is 4.79 Å². The van der Waals surface area contributed by atoms with E-state index < -0.39 is 0 Å². The molecule has 0 aliphatic carbocycles. The Labute approximate surface area is 90.3 Å². The van der Waals surface area contributed by atoms with Gasteiger partial charge in [-0.15, -0.1) is 0 Å². The Bertz CT molecular complexity index is 384. The molecular weight excluding hydrogens is 244 g/mol. The number of hydrogen-bond donors (Lipinski definition) is 1. The Morgan fingerprint density at radius 2 is 1.93 bits per heavy atom. The average molecular weight is 253 g/mol. The molecule has 0 saturated carbocycles. The first kappa shape index (κ1) is 9.40. The van der Waals surface area contributed by atoms with Gasteiger partial charge in [0.2, 0.25) is 5.91 Å². The zero-order valence-electron chi connectivity index (χ0n) is 7.46. The number of hydrazone groups is 1. The number of halogens is 1. The third-order valence-corrected chi connectivity index (χ3v) is 2.61. The van der Waals surface area contributed by atoms with Crippen LogP contribution in [0, 0.1) is 0 Å². The van der Waals surface area contributed by atoms with Crippen LogP contribution in [0.1, 0.15) is 18.4 Å². The van der Waals surface area contributed by atoms with Gasteiger partial charge in [0.1, 0.15) is 0 Å². The molecule has 1 aromatic rings. The van der Waals surface area contributed by atoms with Crippen LogP contribution in [-0.2, 0) is 4.79 Å². The lowest BCUT2D eigenvalue weighted by molar-refractivity contribution is -0.121. The summed E-state index contributed by atoms with van der Waals surface area (Å²) in [6, 6.07) is 7.91. The number of nitrogens with one attached hydrogen (secondary N) is 1. The van der Waals surface area contributed by atoms with Gasteiger partial charge in [0, 0.05) is 17.3 Å². The summed E-state index contributed by atoms with van der Waals surface area (Å²) < 4.78 is 1.04. The molecule has 14 heavy (non-hydrogen) atoms. The van der Waals surface area contributed by atoms with Crippen LogP contribution in [-0.4, -0.2) is 11.6 Å². The smallest absolute Gasteiger partial charge is 0.240 e. The molecule has 1 N–H and O–H groups in total. The highest BCUT2D eigenvalue weighted by molar-refractivity contribution is 9.10. The van der Waals surface area contributed by atoms with E-state index in [4.69, 9.17) is 0 Å². The summed E-state index contributed by atoms with van der Waals surface area (Å²) in [5.74, 6) is -0.00846. The highest BCUT2D eigenvalue weighted by Gasteiger charge is 2.12. The number of benzene rings is 1. The van der Waals surface area contributed by atoms with Gasteiger partial charge >= 0.3 is 0 Å². The molecule has 0 radical (unpaired) electrons. The van der Waals surface area contributed by atoms with Crippen molar-refractivity contribution in [3.05, 3.63) is 34.3 Å². The molecule has 72 valence electrons. The Kier molecular flexibility index (Phi) is 2.63. The zero-order chi connectivity index (χ0) is 9.97. The second-order valence-corrected chi connectivity index (χ2v) is 4.02. The summed E-state index contributed by atoms with van der Waals surface area (Å²) >= 11 is 3.37. The number of carbonyl (C=O) groups excluding carboxylic acids is 1. The number of carbonyl (C=O) groups is 1. The summed E-state index contributed by atoms with van der Waals surface area (Å²) in [5.41, 5.74) is 4.49. The Morgan fingerprint density at radius 3 is 2.50 bits per heavy atom. The van der Waals surface area contributed by atoms with E-state index in [9.17, 15) is 4.79 Å². The number of amides is 1. The van der Waals surface area contributed by atoms with E-state index in [1.807, 2.05) is 24.3 Å². The highest BCUT2D eigenvalue weighted by atomic mass is 79.9. The highest BCUT2D eigenvalue weighted by Crippen LogP contribution is 2.14. The fraction of sp³-hybridized carbons (Fsp3) is 0.200. The van der Waals surface area contributed by atoms with Crippen molar-refractivity contribution in [1.82, 2.24) is 5.43 Å². The summed E-state index contributed by atoms with van der Waals surface area (Å²) in [6.07, 6.45) is 1.24. The summed E-state index contributed by atoms with van der Waals surface area (Å²) in [5, 5.41) is 4.01. The number of nitrogens with zero attached hydrogens (tertiary/aromatic N) is 1. The average Bonchev–Trinajstić information content (AvgIpc) is 2.21. The molecule has 1 amide bonds. The standard InChI is InChI=1S/C10H9BrN2O/c11-8-3-1-7(2-4-8)9-5-6-10(14)13-12-9/h1-4H,5-6H2,(H,13,14). The van der Waals surface area contributed by atoms with Crippen molar-refractivity contribution in [2.75, 3.05) is 0 Å². The largest absolute Gasteiger partial charge is 0.273 e. The van der Waals surface area contributed by atoms with Gasteiger partial charge in [-0.25, -0.2) is 5.43 Å². The van der Waals surface area contributed by atoms with Crippen molar-refractivity contribution in [3.63, 3.8) is 0 Å². The first-order valence-corrected chi connectivity index (χ1v) is 5.16. The fourth-order valence-corrected chi connectivity index (χ4v) is 1.59. The van der Waals surface area contributed by atoms with Crippen LogP contribution in [0.3, 0.4) is 0 Å². The Balaban J connectivity index is 2.23. The molecule has 1 heterocycles. The Hall–Kier alpha value is -1.16. The lowest BCUT2D eigenvalue weighted by atomic mass is 10.1. The van der Waals surface area contributed by atoms with Crippen LogP contribution in [0.5, 0.6) is 0 Å². The van der Waals surface area contributed by atoms with E-state index in [1.54, 1.807) is 0 Å². The molecule has 4 heteroatoms. The van der Waals surface area contributed by atoms with Gasteiger partial charge in [-0.05, 0) is 17.7 Å². The molecule has 0 aromatic heterocycles. The summed E-state index contributed by atoms with van der Waals surface area (Å²) in [6.45, 7) is 0. The molecule has 1 aliphatic heterocycles. The monoisotopic (exact) mass is 252 g/mol. The number of rotatable bonds is 1. The second kappa shape index (κ2) is 3.92. The maximum Gasteiger partial charge on any atom is 0.240 e. The summed E-state index contributed by atoms with van der Waals surface area (Å²) in [4.78, 5) is 10.9. The maximum atomic E-state index is 10.9. The van der Waals surface area contributed by atoms with Gasteiger partial charge < -0.3 is 0 Å². The minimum Gasteiger partial charge on any atom is -0.273 e. The van der Waals surface area contributed by atoms with Gasteiger partial charge in [-0.1, -0.05) is 28.1 Å². The predicted octanol–water partition coefficient (Wildman–Crippen LogP) is 2.06. The van der Waals surface area contributed by atoms with E-state index in [0.29, 0.717) is 12.8 Å². The van der Waals surface area contributed by atoms with Crippen molar-refractivity contribution in [1.29, 1.82) is 0 Å². The van der Waals surface area contributed by atoms with Crippen LogP contribution in [0.25, 0.3) is 0 Å². The van der Waals surface area contributed by atoms with E-state index in [1.165, 1.54) is 0 Å². The van der Waals surface area contributed by atoms with Gasteiger partial charge in [0.25, 0.3) is 0 Å². The van der Waals surface area contributed by atoms with Crippen LogP contribution >= 0.6 is 15.9 Å². The molecule has 0 atom stereocenters. The van der Waals surface area contributed by atoms with Gasteiger partial charge in [0.15, 0.2) is 0 Å². The lowest BCUT2D eigenvalue weighted by Gasteiger charge is -2.11. The topological polar surface area (TPSA) is 41.5 Å². The quantitative estimate of drug-likeness (QED) is 0.817. The molecule has 0 fully saturated rings. The number of hydrogen-bond acceptors (Lipinski definition) is 2. The minimum atomic E-state index is -0.00846. The molecule has 0 bridgehead atoms. The van der Waals surface area contributed by atoms with Crippen LogP contribution in [0.4, 0.5) is 0 Å². The Morgan fingerprint density at radius 1 is 1.21 bits per heavy atom. The lowest BCUT2D eigenvalue weighted by Crippen LogP contribution is -2.25. The fourth-order valence-electron chi connectivity index (χ4n) is 1.32. The third-order valence-electron chi connectivity index (χ3n) is 2.08. The van der Waals surface area contributed by atoms with Crippen molar-refractivity contribution in [2.45, 2.75) is 12.8 Å². The molecule has 3 nitrogen and oxygen atoms in total. The van der Waals surface area contributed by atoms with E-state index in [2.05, 4.69) is 26.5 Å². The molecule has 1 aliphatic rings. The van der Waals surface area contributed by atoms with E-state index >= 15 is 0 Å². The molecule has 1 aromatic carbocycles. The molecule has 0 saturated heterocycles. The molecule has 2 rings (SSSR count). The SMILES string of the molecule is O=C1CCC(c2ccc(Br)cc2)=NN1. The second-order valence-electron chi connectivity index (χ2n) is 3.10. The van der Waals surface area contributed by atoms with Crippen LogP contribution in [0.15, 0.2) is 33.8 Å². The van der Waals surface area contributed by atoms with Crippen LogP contribution in [0.2, 0.25) is 0 Å². The third kappa shape index (κ3) is 2.01. The predicted molar refractivity (Wildman–Crippen MR) is 58.1 cm³/mol. The maximum absolute atomic E-state index is 10.9. The minimum absolute atomic E-state index is 0.00846. The molecular formula is C10H9BrN2O. The molecule has 0 unspecified atom stereocenters. The first-order valence-electron chi connectivity index (χ1n) is 4.37. The van der Waals surface area contributed by atoms with E-state index in [0.717, 1.165) is 15.7 Å². The van der Waals surface area contributed by atoms with Crippen molar-refractivity contribution in [3.8, 4) is 0 Å². The first-order chi connectivity index (χ1) is 6.75. The normalized spacial score (nSPS) is 16.1. The van der Waals surface area contributed by atoms with Crippen molar-refractivity contribution >= 4 is 27.5 Å². The van der Waals surface area contributed by atoms with Gasteiger partial charge in [0.05, 0.1) is 5.71 Å². The van der Waals surface area contributed by atoms with Crippen molar-refractivity contribution < 1.29 is 4.79 Å². The van der Waals surface area contributed by atoms with Gasteiger partial charge in [-0.2, -0.15) is 5.10 Å². The van der Waals surface area contributed by atoms with Crippen molar-refractivity contribution in [2.24, 2.45) is 5.10 Å². The molecule has 0 spiro atoms. The van der Waals surface area contributed by atoms with Crippen LogP contribution < -0.4 is 5.43 Å². The zero-order valence-corrected chi connectivity index (χ0v) is 9.04. The summed E-state index contributed by atoms with van der Waals surface area (Å²) in [7, 11) is 0. The van der Waals surface area contributed by atoms with E-state index in [-0.39, 0.29) is 5.91 Å².